The largest absolute Gasteiger partial charge is 0.314 e. The Labute approximate surface area is 111 Å². The second-order valence-electron chi connectivity index (χ2n) is 5.47. The van der Waals surface area contributed by atoms with Gasteiger partial charge in [0.15, 0.2) is 0 Å². The van der Waals surface area contributed by atoms with Crippen LogP contribution in [-0.4, -0.2) is 25.2 Å². The fraction of sp³-hybridized carbons (Fsp3) is 0.625. The summed E-state index contributed by atoms with van der Waals surface area (Å²) in [5.74, 6) is 0. The summed E-state index contributed by atoms with van der Waals surface area (Å²) in [6.45, 7) is 4.60. The number of benzene rings is 1. The van der Waals surface area contributed by atoms with Crippen molar-refractivity contribution in [1.82, 2.24) is 10.6 Å². The monoisotopic (exact) mass is 246 g/mol. The van der Waals surface area contributed by atoms with Crippen LogP contribution in [0.1, 0.15) is 38.2 Å². The second kappa shape index (κ2) is 7.55. The van der Waals surface area contributed by atoms with Gasteiger partial charge in [0.1, 0.15) is 0 Å². The molecule has 2 rings (SSSR count). The van der Waals surface area contributed by atoms with Crippen molar-refractivity contribution in [3.05, 3.63) is 35.9 Å². The lowest BCUT2D eigenvalue weighted by Crippen LogP contribution is -2.40. The van der Waals surface area contributed by atoms with Crippen molar-refractivity contribution in [2.24, 2.45) is 0 Å². The number of piperidine rings is 1. The Morgan fingerprint density at radius 3 is 2.83 bits per heavy atom. The van der Waals surface area contributed by atoms with E-state index in [0.29, 0.717) is 6.04 Å². The minimum absolute atomic E-state index is 0.615. The standard InChI is InChI=1S/C16H26N2/c1-14(13-16-9-5-6-11-18-16)17-12-10-15-7-3-2-4-8-15/h2-4,7-8,14,16-18H,5-6,9-13H2,1H3. The molecule has 0 bridgehead atoms. The van der Waals surface area contributed by atoms with Crippen molar-refractivity contribution in [2.75, 3.05) is 13.1 Å². The molecule has 18 heavy (non-hydrogen) atoms. The zero-order valence-corrected chi connectivity index (χ0v) is 11.5. The molecule has 100 valence electrons. The van der Waals surface area contributed by atoms with Gasteiger partial charge >= 0.3 is 0 Å². The number of hydrogen-bond donors (Lipinski definition) is 2. The fourth-order valence-corrected chi connectivity index (χ4v) is 2.74. The first-order chi connectivity index (χ1) is 8.84. The molecule has 0 amide bonds. The quantitative estimate of drug-likeness (QED) is 0.806. The van der Waals surface area contributed by atoms with Gasteiger partial charge in [-0.15, -0.1) is 0 Å². The molecule has 1 aliphatic rings. The van der Waals surface area contributed by atoms with Crippen molar-refractivity contribution >= 4 is 0 Å². The van der Waals surface area contributed by atoms with Crippen LogP contribution in [0, 0.1) is 0 Å². The molecule has 0 saturated carbocycles. The molecule has 2 N–H and O–H groups in total. The second-order valence-corrected chi connectivity index (χ2v) is 5.47. The van der Waals surface area contributed by atoms with Crippen molar-refractivity contribution < 1.29 is 0 Å². The van der Waals surface area contributed by atoms with E-state index in [1.807, 2.05) is 0 Å². The first-order valence-electron chi connectivity index (χ1n) is 7.35. The van der Waals surface area contributed by atoms with Crippen LogP contribution in [0.2, 0.25) is 0 Å². The summed E-state index contributed by atoms with van der Waals surface area (Å²) in [7, 11) is 0. The van der Waals surface area contributed by atoms with E-state index < -0.39 is 0 Å². The van der Waals surface area contributed by atoms with Crippen LogP contribution in [0.15, 0.2) is 30.3 Å². The van der Waals surface area contributed by atoms with Crippen LogP contribution in [0.5, 0.6) is 0 Å². The lowest BCUT2D eigenvalue weighted by atomic mass is 9.99. The molecule has 1 heterocycles. The number of nitrogens with one attached hydrogen (secondary N) is 2. The molecule has 1 fully saturated rings. The van der Waals surface area contributed by atoms with Gasteiger partial charge in [-0.2, -0.15) is 0 Å². The highest BCUT2D eigenvalue weighted by Crippen LogP contribution is 2.11. The Hall–Kier alpha value is -0.860. The molecule has 1 saturated heterocycles. The highest BCUT2D eigenvalue weighted by atomic mass is 15.0. The third-order valence-corrected chi connectivity index (χ3v) is 3.80. The Morgan fingerprint density at radius 1 is 1.28 bits per heavy atom. The van der Waals surface area contributed by atoms with E-state index in [1.165, 1.54) is 37.8 Å². The molecule has 2 unspecified atom stereocenters. The van der Waals surface area contributed by atoms with Gasteiger partial charge in [0.2, 0.25) is 0 Å². The molecule has 2 atom stereocenters. The third-order valence-electron chi connectivity index (χ3n) is 3.80. The molecule has 1 aliphatic heterocycles. The molecule has 1 aromatic carbocycles. The van der Waals surface area contributed by atoms with Gasteiger partial charge in [-0.1, -0.05) is 36.8 Å². The highest BCUT2D eigenvalue weighted by molar-refractivity contribution is 5.14. The van der Waals surface area contributed by atoms with Crippen molar-refractivity contribution in [1.29, 1.82) is 0 Å². The molecular weight excluding hydrogens is 220 g/mol. The van der Waals surface area contributed by atoms with Crippen molar-refractivity contribution in [2.45, 2.75) is 51.1 Å². The van der Waals surface area contributed by atoms with Gasteiger partial charge in [-0.25, -0.2) is 0 Å². The van der Waals surface area contributed by atoms with Gasteiger partial charge in [-0.05, 0) is 51.3 Å². The zero-order chi connectivity index (χ0) is 12.6. The topological polar surface area (TPSA) is 24.1 Å². The lowest BCUT2D eigenvalue weighted by Gasteiger charge is -2.26. The van der Waals surface area contributed by atoms with Crippen LogP contribution in [-0.2, 0) is 6.42 Å². The summed E-state index contributed by atoms with van der Waals surface area (Å²) in [5.41, 5.74) is 1.42. The average molecular weight is 246 g/mol. The summed E-state index contributed by atoms with van der Waals surface area (Å²) in [6, 6.07) is 12.1. The van der Waals surface area contributed by atoms with Crippen LogP contribution in [0.3, 0.4) is 0 Å². The normalized spacial score (nSPS) is 21.7. The van der Waals surface area contributed by atoms with E-state index in [1.54, 1.807) is 0 Å². The predicted molar refractivity (Wildman–Crippen MR) is 77.9 cm³/mol. The fourth-order valence-electron chi connectivity index (χ4n) is 2.74. The van der Waals surface area contributed by atoms with Gasteiger partial charge in [0, 0.05) is 12.1 Å². The summed E-state index contributed by atoms with van der Waals surface area (Å²) < 4.78 is 0. The highest BCUT2D eigenvalue weighted by Gasteiger charge is 2.15. The molecule has 1 aromatic rings. The van der Waals surface area contributed by atoms with Crippen LogP contribution in [0.4, 0.5) is 0 Å². The van der Waals surface area contributed by atoms with Crippen LogP contribution in [0.25, 0.3) is 0 Å². The Bertz CT molecular complexity index is 317. The lowest BCUT2D eigenvalue weighted by molar-refractivity contribution is 0.346. The predicted octanol–water partition coefficient (Wildman–Crippen LogP) is 2.74. The molecule has 0 radical (unpaired) electrons. The third kappa shape index (κ3) is 4.79. The number of hydrogen-bond acceptors (Lipinski definition) is 2. The van der Waals surface area contributed by atoms with E-state index in [-0.39, 0.29) is 0 Å². The Morgan fingerprint density at radius 2 is 2.11 bits per heavy atom. The summed E-state index contributed by atoms with van der Waals surface area (Å²) in [5, 5.41) is 7.26. The van der Waals surface area contributed by atoms with E-state index in [9.17, 15) is 0 Å². The maximum absolute atomic E-state index is 3.64. The minimum Gasteiger partial charge on any atom is -0.314 e. The van der Waals surface area contributed by atoms with Crippen LogP contribution < -0.4 is 10.6 Å². The smallest absolute Gasteiger partial charge is 0.00817 e. The average Bonchev–Trinajstić information content (AvgIpc) is 2.41. The SMILES string of the molecule is CC(CC1CCCCN1)NCCc1ccccc1. The first kappa shape index (κ1) is 13.6. The van der Waals surface area contributed by atoms with Crippen LogP contribution >= 0.6 is 0 Å². The molecular formula is C16H26N2. The Kier molecular flexibility index (Phi) is 5.69. The van der Waals surface area contributed by atoms with Crippen molar-refractivity contribution in [3.63, 3.8) is 0 Å². The Balaban J connectivity index is 1.61. The maximum atomic E-state index is 3.64. The summed E-state index contributed by atoms with van der Waals surface area (Å²) in [6.07, 6.45) is 6.49. The minimum atomic E-state index is 0.615. The number of rotatable bonds is 6. The maximum Gasteiger partial charge on any atom is 0.00817 e. The molecule has 2 nitrogen and oxygen atoms in total. The van der Waals surface area contributed by atoms with E-state index in [2.05, 4.69) is 47.9 Å². The van der Waals surface area contributed by atoms with Gasteiger partial charge in [0.25, 0.3) is 0 Å². The molecule has 0 spiro atoms. The van der Waals surface area contributed by atoms with E-state index in [4.69, 9.17) is 0 Å². The van der Waals surface area contributed by atoms with Crippen molar-refractivity contribution in [3.8, 4) is 0 Å². The first-order valence-corrected chi connectivity index (χ1v) is 7.35. The molecule has 2 heteroatoms. The summed E-state index contributed by atoms with van der Waals surface area (Å²) >= 11 is 0. The van der Waals surface area contributed by atoms with Gasteiger partial charge in [-0.3, -0.25) is 0 Å². The van der Waals surface area contributed by atoms with E-state index >= 15 is 0 Å². The zero-order valence-electron chi connectivity index (χ0n) is 11.5. The van der Waals surface area contributed by atoms with Gasteiger partial charge < -0.3 is 10.6 Å². The summed E-state index contributed by atoms with van der Waals surface area (Å²) in [4.78, 5) is 0. The molecule has 0 aromatic heterocycles. The van der Waals surface area contributed by atoms with Gasteiger partial charge in [0.05, 0.1) is 0 Å². The van der Waals surface area contributed by atoms with E-state index in [0.717, 1.165) is 19.0 Å². The molecule has 0 aliphatic carbocycles.